The van der Waals surface area contributed by atoms with Crippen molar-refractivity contribution in [1.29, 1.82) is 0 Å². The predicted octanol–water partition coefficient (Wildman–Crippen LogP) is 5.20. The van der Waals surface area contributed by atoms with E-state index in [2.05, 4.69) is 17.2 Å². The van der Waals surface area contributed by atoms with Crippen LogP contribution in [0, 0.1) is 12.8 Å². The van der Waals surface area contributed by atoms with E-state index < -0.39 is 9.84 Å². The van der Waals surface area contributed by atoms with Crippen LogP contribution in [-0.4, -0.2) is 35.6 Å². The van der Waals surface area contributed by atoms with Crippen molar-refractivity contribution in [3.63, 3.8) is 0 Å². The van der Waals surface area contributed by atoms with Crippen LogP contribution in [0.4, 0.5) is 17.5 Å². The minimum atomic E-state index is -3.34. The van der Waals surface area contributed by atoms with Crippen LogP contribution in [0.25, 0.3) is 0 Å². The molecule has 1 aliphatic heterocycles. The highest BCUT2D eigenvalue weighted by molar-refractivity contribution is 7.92. The zero-order valence-corrected chi connectivity index (χ0v) is 21.4. The summed E-state index contributed by atoms with van der Waals surface area (Å²) in [5.41, 5.74) is 2.19. The van der Waals surface area contributed by atoms with Gasteiger partial charge in [0.25, 0.3) is 0 Å². The highest BCUT2D eigenvalue weighted by atomic mass is 32.2. The average molecular weight is 495 g/mol. The number of aryl methyl sites for hydroxylation is 1. The molecule has 35 heavy (non-hydrogen) atoms. The fourth-order valence-electron chi connectivity index (χ4n) is 6.31. The molecule has 1 spiro atoms. The van der Waals surface area contributed by atoms with E-state index in [9.17, 15) is 13.2 Å². The zero-order valence-electron chi connectivity index (χ0n) is 20.6. The van der Waals surface area contributed by atoms with Gasteiger partial charge in [-0.2, -0.15) is 4.98 Å². The number of benzene rings is 1. The number of hydrogen-bond donors (Lipinski definition) is 1. The number of carbonyl (C=O) groups is 1. The monoisotopic (exact) mass is 494 g/mol. The van der Waals surface area contributed by atoms with E-state index in [1.807, 2.05) is 24.1 Å². The summed E-state index contributed by atoms with van der Waals surface area (Å²) in [5, 5.41) is 3.00. The second-order valence-electron chi connectivity index (χ2n) is 11.2. The van der Waals surface area contributed by atoms with Gasteiger partial charge in [-0.15, -0.1) is 0 Å². The van der Waals surface area contributed by atoms with Crippen molar-refractivity contribution in [2.75, 3.05) is 10.2 Å². The molecule has 0 radical (unpaired) electrons. The fourth-order valence-corrected chi connectivity index (χ4v) is 8.19. The molecule has 0 unspecified atom stereocenters. The van der Waals surface area contributed by atoms with Gasteiger partial charge in [-0.3, -0.25) is 9.69 Å². The summed E-state index contributed by atoms with van der Waals surface area (Å²) in [5.74, 6) is 2.02. The second kappa shape index (κ2) is 8.29. The van der Waals surface area contributed by atoms with Crippen LogP contribution in [0.3, 0.4) is 0 Å². The van der Waals surface area contributed by atoms with Crippen molar-refractivity contribution in [2.24, 2.45) is 5.92 Å². The molecule has 3 saturated carbocycles. The number of carbonyl (C=O) groups excluding carboxylic acids is 1. The normalized spacial score (nSPS) is 25.8. The molecule has 1 amide bonds. The quantitative estimate of drug-likeness (QED) is 0.614. The van der Waals surface area contributed by atoms with Crippen molar-refractivity contribution in [2.45, 2.75) is 99.7 Å². The van der Waals surface area contributed by atoms with Crippen molar-refractivity contribution < 1.29 is 13.2 Å². The molecular weight excluding hydrogens is 460 g/mol. The lowest BCUT2D eigenvalue weighted by atomic mass is 9.91. The Hall–Kier alpha value is -2.48. The summed E-state index contributed by atoms with van der Waals surface area (Å²) >= 11 is 0. The molecule has 4 aliphatic rings. The standard InChI is InChI=1S/C27H34N4O3S/c1-17-7-9-20(10-8-17)35(33,34)21-11-12-23(18(2)15-21)29-26-28-16-22-24(30-26)31(19-5-3-4-6-19)25(32)27(22)13-14-27/h11-12,15-17,19-20H,3-10,13-14H2,1-2H3,(H,28,29,30). The topological polar surface area (TPSA) is 92.3 Å². The second-order valence-corrected chi connectivity index (χ2v) is 13.4. The number of fused-ring (bicyclic) bond motifs is 2. The Bertz CT molecular complexity index is 1270. The van der Waals surface area contributed by atoms with Crippen molar-refractivity contribution >= 4 is 33.2 Å². The zero-order chi connectivity index (χ0) is 24.4. The van der Waals surface area contributed by atoms with Gasteiger partial charge in [0.05, 0.1) is 15.6 Å². The highest BCUT2D eigenvalue weighted by Crippen LogP contribution is 2.57. The Morgan fingerprint density at radius 1 is 1.06 bits per heavy atom. The third-order valence-electron chi connectivity index (χ3n) is 8.76. The van der Waals surface area contributed by atoms with Crippen molar-refractivity contribution in [1.82, 2.24) is 9.97 Å². The number of hydrogen-bond acceptors (Lipinski definition) is 6. The molecule has 1 aromatic heterocycles. The minimum Gasteiger partial charge on any atom is -0.324 e. The van der Waals surface area contributed by atoms with E-state index in [0.717, 1.165) is 86.8 Å². The Morgan fingerprint density at radius 3 is 2.43 bits per heavy atom. The molecule has 1 aromatic carbocycles. The summed E-state index contributed by atoms with van der Waals surface area (Å²) in [7, 11) is -3.34. The van der Waals surface area contributed by atoms with Gasteiger partial charge in [0.1, 0.15) is 5.82 Å². The van der Waals surface area contributed by atoms with Gasteiger partial charge in [0, 0.05) is 23.5 Å². The summed E-state index contributed by atoms with van der Waals surface area (Å²) < 4.78 is 26.4. The van der Waals surface area contributed by atoms with Crippen LogP contribution in [0.1, 0.15) is 82.3 Å². The van der Waals surface area contributed by atoms with Gasteiger partial charge in [-0.05, 0) is 88.0 Å². The summed E-state index contributed by atoms with van der Waals surface area (Å²) in [6.07, 6.45) is 11.4. The Kier molecular flexibility index (Phi) is 5.43. The van der Waals surface area contributed by atoms with Gasteiger partial charge in [-0.25, -0.2) is 13.4 Å². The number of rotatable bonds is 5. The van der Waals surface area contributed by atoms with E-state index >= 15 is 0 Å². The van der Waals surface area contributed by atoms with Gasteiger partial charge in [0.2, 0.25) is 11.9 Å². The molecule has 0 saturated heterocycles. The van der Waals surface area contributed by atoms with Crippen LogP contribution in [0.2, 0.25) is 0 Å². The van der Waals surface area contributed by atoms with Gasteiger partial charge in [0.15, 0.2) is 9.84 Å². The first-order chi connectivity index (χ1) is 16.8. The Morgan fingerprint density at radius 2 is 1.77 bits per heavy atom. The van der Waals surface area contributed by atoms with Crippen LogP contribution < -0.4 is 10.2 Å². The Balaban J connectivity index is 1.26. The number of aromatic nitrogens is 2. The predicted molar refractivity (Wildman–Crippen MR) is 136 cm³/mol. The maximum Gasteiger partial charge on any atom is 0.239 e. The van der Waals surface area contributed by atoms with Gasteiger partial charge >= 0.3 is 0 Å². The molecule has 7 nitrogen and oxygen atoms in total. The summed E-state index contributed by atoms with van der Waals surface area (Å²) in [6, 6.07) is 5.50. The maximum absolute atomic E-state index is 13.3. The van der Waals surface area contributed by atoms with Crippen molar-refractivity contribution in [3.05, 3.63) is 35.5 Å². The van der Waals surface area contributed by atoms with E-state index in [1.165, 1.54) is 0 Å². The Labute approximate surface area is 207 Å². The molecule has 0 atom stereocenters. The van der Waals surface area contributed by atoms with E-state index in [0.29, 0.717) is 16.8 Å². The molecule has 1 N–H and O–H groups in total. The lowest BCUT2D eigenvalue weighted by Crippen LogP contribution is -2.39. The molecule has 2 aromatic rings. The number of amides is 1. The molecule has 186 valence electrons. The molecular formula is C27H34N4O3S. The van der Waals surface area contributed by atoms with E-state index in [4.69, 9.17) is 4.98 Å². The van der Waals surface area contributed by atoms with E-state index in [-0.39, 0.29) is 22.6 Å². The molecule has 6 rings (SSSR count). The SMILES string of the molecule is Cc1cc(S(=O)(=O)C2CCC(C)CC2)ccc1Nc1ncc2c(n1)N(C1CCCC1)C(=O)C21CC1. The van der Waals surface area contributed by atoms with E-state index in [1.54, 1.807) is 12.1 Å². The van der Waals surface area contributed by atoms with Crippen LogP contribution >= 0.6 is 0 Å². The fraction of sp³-hybridized carbons (Fsp3) is 0.593. The third-order valence-corrected chi connectivity index (χ3v) is 11.0. The van der Waals surface area contributed by atoms with Crippen LogP contribution in [0.5, 0.6) is 0 Å². The first-order valence-corrected chi connectivity index (χ1v) is 14.7. The lowest BCUT2D eigenvalue weighted by Gasteiger charge is -2.26. The maximum atomic E-state index is 13.3. The van der Waals surface area contributed by atoms with Crippen LogP contribution in [-0.2, 0) is 20.0 Å². The van der Waals surface area contributed by atoms with Crippen LogP contribution in [0.15, 0.2) is 29.3 Å². The molecule has 0 bridgehead atoms. The number of anilines is 3. The molecule has 2 heterocycles. The number of nitrogens with one attached hydrogen (secondary N) is 1. The first-order valence-electron chi connectivity index (χ1n) is 13.1. The first kappa shape index (κ1) is 23.0. The smallest absolute Gasteiger partial charge is 0.239 e. The molecule has 8 heteroatoms. The average Bonchev–Trinajstić information content (AvgIpc) is 3.40. The molecule has 3 aliphatic carbocycles. The number of sulfone groups is 1. The molecule has 3 fully saturated rings. The number of nitrogens with zero attached hydrogens (tertiary/aromatic N) is 3. The minimum absolute atomic E-state index is 0.202. The van der Waals surface area contributed by atoms with Crippen molar-refractivity contribution in [3.8, 4) is 0 Å². The summed E-state index contributed by atoms with van der Waals surface area (Å²) in [6.45, 7) is 4.10. The van der Waals surface area contributed by atoms with Gasteiger partial charge in [-0.1, -0.05) is 19.8 Å². The largest absolute Gasteiger partial charge is 0.324 e. The van der Waals surface area contributed by atoms with Gasteiger partial charge < -0.3 is 5.32 Å². The lowest BCUT2D eigenvalue weighted by molar-refractivity contribution is -0.120. The summed E-state index contributed by atoms with van der Waals surface area (Å²) in [4.78, 5) is 25.0. The highest BCUT2D eigenvalue weighted by Gasteiger charge is 2.61. The third kappa shape index (κ3) is 3.76.